The van der Waals surface area contributed by atoms with Crippen molar-refractivity contribution in [3.63, 3.8) is 0 Å². The lowest BCUT2D eigenvalue weighted by molar-refractivity contribution is -0.139. The van der Waals surface area contributed by atoms with Crippen molar-refractivity contribution >= 4 is 11.8 Å². The van der Waals surface area contributed by atoms with Crippen molar-refractivity contribution in [2.75, 3.05) is 13.1 Å². The molecular weight excluding hydrogens is 343 g/mol. The molecule has 2 aromatic carbocycles. The van der Waals surface area contributed by atoms with Gasteiger partial charge >= 0.3 is 0 Å². The minimum absolute atomic E-state index is 0.0511. The summed E-state index contributed by atoms with van der Waals surface area (Å²) in [7, 11) is 0. The van der Waals surface area contributed by atoms with Crippen molar-refractivity contribution in [2.24, 2.45) is 11.1 Å². The largest absolute Gasteiger partial charge is 0.369 e. The van der Waals surface area contributed by atoms with Crippen LogP contribution in [-0.2, 0) is 16.0 Å². The van der Waals surface area contributed by atoms with E-state index < -0.39 is 5.41 Å². The number of nitrogens with zero attached hydrogens (tertiary/aromatic N) is 1. The molecule has 1 atom stereocenters. The van der Waals surface area contributed by atoms with E-state index in [1.54, 1.807) is 23.1 Å². The third kappa shape index (κ3) is 4.02. The number of nitrogens with two attached hydrogens (primary N) is 1. The first-order chi connectivity index (χ1) is 12.9. The summed E-state index contributed by atoms with van der Waals surface area (Å²) in [6.07, 6.45) is 2.34. The monoisotopic (exact) mass is 368 g/mol. The highest BCUT2D eigenvalue weighted by molar-refractivity contribution is 5.83. The normalized spacial score (nSPS) is 19.7. The number of hydrogen-bond acceptors (Lipinski definition) is 2. The Bertz CT molecular complexity index is 834. The van der Waals surface area contributed by atoms with Crippen molar-refractivity contribution < 1.29 is 14.0 Å². The lowest BCUT2D eigenvalue weighted by Gasteiger charge is -2.41. The van der Waals surface area contributed by atoms with Crippen LogP contribution in [0.4, 0.5) is 4.39 Å². The fourth-order valence-corrected chi connectivity index (χ4v) is 3.89. The summed E-state index contributed by atoms with van der Waals surface area (Å²) in [5.41, 5.74) is 7.31. The number of hydrogen-bond donors (Lipinski definition) is 1. The van der Waals surface area contributed by atoms with Crippen LogP contribution in [0, 0.1) is 11.2 Å². The lowest BCUT2D eigenvalue weighted by Crippen LogP contribution is -2.53. The molecule has 0 saturated carbocycles. The van der Waals surface area contributed by atoms with Crippen LogP contribution >= 0.6 is 0 Å². The average Bonchev–Trinajstić information content (AvgIpc) is 2.68. The van der Waals surface area contributed by atoms with E-state index in [4.69, 9.17) is 5.73 Å². The summed E-state index contributed by atoms with van der Waals surface area (Å²) in [5.74, 6) is -0.579. The summed E-state index contributed by atoms with van der Waals surface area (Å²) >= 11 is 0. The molecule has 1 aliphatic heterocycles. The fourth-order valence-electron chi connectivity index (χ4n) is 3.89. The number of piperidine rings is 1. The van der Waals surface area contributed by atoms with E-state index in [0.29, 0.717) is 37.9 Å². The minimum Gasteiger partial charge on any atom is -0.369 e. The predicted molar refractivity (Wildman–Crippen MR) is 103 cm³/mol. The molecule has 1 saturated heterocycles. The van der Waals surface area contributed by atoms with Crippen molar-refractivity contribution in [1.29, 1.82) is 0 Å². The van der Waals surface area contributed by atoms with Gasteiger partial charge in [-0.3, -0.25) is 9.59 Å². The van der Waals surface area contributed by atoms with Gasteiger partial charge < -0.3 is 10.6 Å². The van der Waals surface area contributed by atoms with Crippen molar-refractivity contribution in [3.8, 4) is 11.1 Å². The van der Waals surface area contributed by atoms with Crippen molar-refractivity contribution in [1.82, 2.24) is 4.90 Å². The van der Waals surface area contributed by atoms with Gasteiger partial charge in [0.25, 0.3) is 0 Å². The number of rotatable bonds is 5. The molecule has 27 heavy (non-hydrogen) atoms. The third-order valence-electron chi connectivity index (χ3n) is 5.44. The molecule has 0 aliphatic carbocycles. The Labute approximate surface area is 159 Å². The maximum Gasteiger partial charge on any atom is 0.225 e. The van der Waals surface area contributed by atoms with Gasteiger partial charge in [0.05, 0.1) is 5.41 Å². The van der Waals surface area contributed by atoms with Crippen LogP contribution in [-0.4, -0.2) is 29.8 Å². The number of amides is 2. The van der Waals surface area contributed by atoms with Gasteiger partial charge in [-0.25, -0.2) is 4.39 Å². The lowest BCUT2D eigenvalue weighted by atomic mass is 9.74. The van der Waals surface area contributed by atoms with Crippen molar-refractivity contribution in [3.05, 3.63) is 59.9 Å². The van der Waals surface area contributed by atoms with Gasteiger partial charge in [0.2, 0.25) is 11.8 Å². The van der Waals surface area contributed by atoms with E-state index in [1.807, 2.05) is 31.2 Å². The van der Waals surface area contributed by atoms with Crippen LogP contribution in [0.25, 0.3) is 11.1 Å². The van der Waals surface area contributed by atoms with E-state index in [0.717, 1.165) is 17.5 Å². The Balaban J connectivity index is 1.82. The molecule has 0 bridgehead atoms. The smallest absolute Gasteiger partial charge is 0.225 e. The Hall–Kier alpha value is -2.69. The van der Waals surface area contributed by atoms with Crippen LogP contribution in [0.3, 0.4) is 0 Å². The van der Waals surface area contributed by atoms with E-state index in [2.05, 4.69) is 0 Å². The molecule has 5 heteroatoms. The van der Waals surface area contributed by atoms with Crippen LogP contribution in [0.15, 0.2) is 48.5 Å². The Kier molecular flexibility index (Phi) is 5.59. The summed E-state index contributed by atoms with van der Waals surface area (Å²) in [6.45, 7) is 2.86. The zero-order valence-corrected chi connectivity index (χ0v) is 15.6. The molecular formula is C22H25FN2O2. The van der Waals surface area contributed by atoms with Gasteiger partial charge in [-0.2, -0.15) is 0 Å². The standard InChI is InChI=1S/C22H25FN2O2/c1-2-20(26)25-13-5-12-22(15-25,21(24)27)14-16-8-10-17(11-9-16)18-6-3-4-7-19(18)23/h3-4,6-11H,2,5,12-15H2,1H3,(H2,24,27)/t22-/m1/s1. The average molecular weight is 368 g/mol. The molecule has 2 aromatic rings. The molecule has 1 heterocycles. The summed E-state index contributed by atoms with van der Waals surface area (Å²) < 4.78 is 14.0. The Morgan fingerprint density at radius 2 is 1.85 bits per heavy atom. The van der Waals surface area contributed by atoms with Crippen molar-refractivity contribution in [2.45, 2.75) is 32.6 Å². The first kappa shape index (κ1) is 19.1. The van der Waals surface area contributed by atoms with Crippen LogP contribution in [0.1, 0.15) is 31.7 Å². The number of likely N-dealkylation sites (tertiary alicyclic amines) is 1. The summed E-state index contributed by atoms with van der Waals surface area (Å²) in [6, 6.07) is 14.2. The fraction of sp³-hybridized carbons (Fsp3) is 0.364. The molecule has 2 N–H and O–H groups in total. The van der Waals surface area contributed by atoms with Gasteiger partial charge in [0.15, 0.2) is 0 Å². The highest BCUT2D eigenvalue weighted by Crippen LogP contribution is 2.34. The first-order valence-electron chi connectivity index (χ1n) is 9.37. The second-order valence-corrected chi connectivity index (χ2v) is 7.27. The molecule has 2 amide bonds. The van der Waals surface area contributed by atoms with E-state index >= 15 is 0 Å². The first-order valence-corrected chi connectivity index (χ1v) is 9.37. The van der Waals surface area contributed by atoms with Gasteiger partial charge in [-0.15, -0.1) is 0 Å². The Morgan fingerprint density at radius 3 is 2.48 bits per heavy atom. The molecule has 4 nitrogen and oxygen atoms in total. The molecule has 1 fully saturated rings. The topological polar surface area (TPSA) is 63.4 Å². The molecule has 0 unspecified atom stereocenters. The third-order valence-corrected chi connectivity index (χ3v) is 5.44. The second kappa shape index (κ2) is 7.91. The quantitative estimate of drug-likeness (QED) is 0.877. The zero-order valence-electron chi connectivity index (χ0n) is 15.6. The Morgan fingerprint density at radius 1 is 1.15 bits per heavy atom. The molecule has 3 rings (SSSR count). The second-order valence-electron chi connectivity index (χ2n) is 7.27. The number of benzene rings is 2. The maximum absolute atomic E-state index is 14.0. The molecule has 0 radical (unpaired) electrons. The minimum atomic E-state index is -0.747. The SMILES string of the molecule is CCC(=O)N1CCC[C@](Cc2ccc(-c3ccccc3F)cc2)(C(N)=O)C1. The number of halogens is 1. The summed E-state index contributed by atoms with van der Waals surface area (Å²) in [5, 5.41) is 0. The number of carbonyl (C=O) groups excluding carboxylic acids is 2. The molecule has 0 spiro atoms. The highest BCUT2D eigenvalue weighted by Gasteiger charge is 2.41. The van der Waals surface area contributed by atoms with Gasteiger partial charge in [0, 0.05) is 25.1 Å². The highest BCUT2D eigenvalue weighted by atomic mass is 19.1. The van der Waals surface area contributed by atoms with Crippen LogP contribution in [0.5, 0.6) is 0 Å². The van der Waals surface area contributed by atoms with Gasteiger partial charge in [-0.05, 0) is 36.5 Å². The maximum atomic E-state index is 14.0. The zero-order chi connectivity index (χ0) is 19.4. The molecule has 142 valence electrons. The summed E-state index contributed by atoms with van der Waals surface area (Å²) in [4.78, 5) is 26.2. The predicted octanol–water partition coefficient (Wildman–Crippen LogP) is 3.54. The van der Waals surface area contributed by atoms with Crippen LogP contribution in [0.2, 0.25) is 0 Å². The van der Waals surface area contributed by atoms with E-state index in [-0.39, 0.29) is 17.6 Å². The molecule has 1 aliphatic rings. The number of primary amides is 1. The molecule has 0 aromatic heterocycles. The van der Waals surface area contributed by atoms with Gasteiger partial charge in [-0.1, -0.05) is 49.4 Å². The van der Waals surface area contributed by atoms with Gasteiger partial charge in [0.1, 0.15) is 5.82 Å². The van der Waals surface area contributed by atoms with Crippen LogP contribution < -0.4 is 5.73 Å². The number of carbonyl (C=O) groups is 2. The van der Waals surface area contributed by atoms with E-state index in [9.17, 15) is 14.0 Å². The van der Waals surface area contributed by atoms with E-state index in [1.165, 1.54) is 6.07 Å².